The summed E-state index contributed by atoms with van der Waals surface area (Å²) in [5, 5.41) is 8.93. The number of rotatable bonds is 5. The Bertz CT molecular complexity index is 870. The maximum Gasteiger partial charge on any atom is 0.272 e. The highest BCUT2D eigenvalue weighted by Gasteiger charge is 2.20. The molecule has 140 valence electrons. The molecule has 0 radical (unpaired) electrons. The largest absolute Gasteiger partial charge is 0.494 e. The number of nitrogen functional groups attached to an aromatic ring is 1. The Labute approximate surface area is 151 Å². The van der Waals surface area contributed by atoms with E-state index in [1.165, 1.54) is 0 Å². The van der Waals surface area contributed by atoms with E-state index in [4.69, 9.17) is 21.3 Å². The second-order valence-electron chi connectivity index (χ2n) is 6.29. The lowest BCUT2D eigenvalue weighted by molar-refractivity contribution is 0.304. The van der Waals surface area contributed by atoms with Crippen LogP contribution in [0.15, 0.2) is 45.0 Å². The smallest absolute Gasteiger partial charge is 0.272 e. The average molecular weight is 359 g/mol. The number of aromatic nitrogens is 2. The Morgan fingerprint density at radius 3 is 2.65 bits per heavy atom. The van der Waals surface area contributed by atoms with E-state index in [2.05, 4.69) is 4.99 Å². The van der Waals surface area contributed by atoms with Crippen LogP contribution in [0.2, 0.25) is 0 Å². The molecule has 0 unspecified atom stereocenters. The van der Waals surface area contributed by atoms with Crippen LogP contribution in [0.4, 0.5) is 5.82 Å². The van der Waals surface area contributed by atoms with Crippen molar-refractivity contribution in [1.82, 2.24) is 9.36 Å². The molecule has 0 saturated carbocycles. The van der Waals surface area contributed by atoms with E-state index in [1.54, 1.807) is 23.9 Å². The van der Waals surface area contributed by atoms with Crippen molar-refractivity contribution in [2.24, 2.45) is 10.7 Å². The molecule has 1 aliphatic heterocycles. The summed E-state index contributed by atoms with van der Waals surface area (Å²) in [6.45, 7) is 1.72. The molecule has 8 heteroatoms. The fourth-order valence-corrected chi connectivity index (χ4v) is 3.29. The minimum absolute atomic E-state index is 0.0291. The summed E-state index contributed by atoms with van der Waals surface area (Å²) in [6.07, 6.45) is 7.81. The topological polar surface area (TPSA) is 121 Å². The zero-order chi connectivity index (χ0) is 18.7. The second kappa shape index (κ2) is 7.65. The van der Waals surface area contributed by atoms with E-state index in [1.807, 2.05) is 10.8 Å². The molecule has 1 aromatic heterocycles. The zero-order valence-electron chi connectivity index (χ0n) is 14.9. The van der Waals surface area contributed by atoms with Gasteiger partial charge in [-0.15, -0.1) is 0 Å². The van der Waals surface area contributed by atoms with Crippen LogP contribution in [-0.4, -0.2) is 40.4 Å². The van der Waals surface area contributed by atoms with Crippen LogP contribution in [0.1, 0.15) is 18.4 Å². The van der Waals surface area contributed by atoms with Crippen molar-refractivity contribution in [1.29, 1.82) is 0 Å². The predicted molar refractivity (Wildman–Crippen MR) is 101 cm³/mol. The number of methoxy groups -OCH3 is 1. The Balaban J connectivity index is 1.89. The lowest BCUT2D eigenvalue weighted by Crippen LogP contribution is -2.28. The molecule has 1 aliphatic carbocycles. The first-order valence-electron chi connectivity index (χ1n) is 8.73. The number of hydrogen-bond acceptors (Lipinski definition) is 6. The van der Waals surface area contributed by atoms with Gasteiger partial charge in [-0.2, -0.15) is 0 Å². The maximum absolute atomic E-state index is 12.6. The Morgan fingerprint density at radius 2 is 2.00 bits per heavy atom. The molecule has 0 amide bonds. The van der Waals surface area contributed by atoms with Crippen molar-refractivity contribution in [2.45, 2.75) is 32.4 Å². The van der Waals surface area contributed by atoms with Crippen LogP contribution in [0.25, 0.3) is 0 Å². The van der Waals surface area contributed by atoms with Gasteiger partial charge in [-0.1, -0.05) is 6.08 Å². The van der Waals surface area contributed by atoms with E-state index < -0.39 is 0 Å². The van der Waals surface area contributed by atoms with Crippen LogP contribution in [0.3, 0.4) is 0 Å². The van der Waals surface area contributed by atoms with E-state index in [0.29, 0.717) is 41.5 Å². The summed E-state index contributed by atoms with van der Waals surface area (Å²) < 4.78 is 8.95. The quantitative estimate of drug-likeness (QED) is 0.699. The van der Waals surface area contributed by atoms with Crippen molar-refractivity contribution in [2.75, 3.05) is 26.0 Å². The van der Waals surface area contributed by atoms with Gasteiger partial charge in [0.15, 0.2) is 0 Å². The minimum atomic E-state index is -0.0422. The van der Waals surface area contributed by atoms with Gasteiger partial charge >= 0.3 is 0 Å². The molecule has 0 fully saturated rings. The van der Waals surface area contributed by atoms with Crippen molar-refractivity contribution in [3.05, 3.63) is 51.2 Å². The zero-order valence-corrected chi connectivity index (χ0v) is 14.9. The van der Waals surface area contributed by atoms with Gasteiger partial charge in [-0.05, 0) is 30.6 Å². The lowest BCUT2D eigenvalue weighted by atomic mass is 10.0. The number of ether oxygens (including phenoxy) is 1. The summed E-state index contributed by atoms with van der Waals surface area (Å²) in [5.74, 6) is 1.10. The molecule has 0 saturated heterocycles. The number of fused-ring (bicyclic) bond motifs is 1. The van der Waals surface area contributed by atoms with Gasteiger partial charge in [-0.3, -0.25) is 14.5 Å². The molecule has 2 heterocycles. The van der Waals surface area contributed by atoms with Gasteiger partial charge in [0.05, 0.1) is 25.8 Å². The van der Waals surface area contributed by atoms with Crippen molar-refractivity contribution < 1.29 is 9.84 Å². The summed E-state index contributed by atoms with van der Waals surface area (Å²) in [6, 6.07) is 0. The van der Waals surface area contributed by atoms with Gasteiger partial charge < -0.3 is 21.3 Å². The number of nitrogens with zero attached hydrogens (tertiary/aromatic N) is 3. The van der Waals surface area contributed by atoms with Gasteiger partial charge in [0.25, 0.3) is 5.56 Å². The molecular weight excluding hydrogens is 334 g/mol. The average Bonchev–Trinajstić information content (AvgIpc) is 2.90. The maximum atomic E-state index is 12.6. The van der Waals surface area contributed by atoms with Crippen LogP contribution >= 0.6 is 0 Å². The second-order valence-corrected chi connectivity index (χ2v) is 6.29. The standard InChI is InChI=1S/C18H25N5O3/c1-26-16-10-12(14(19)11-15(16)21-6-9-24)4-5-13-17(20)22-7-2-3-8-23(22)18(13)25/h4,10-11,24H,2-3,5-9,19-20H2,1H3/b12-4+,21-15+. The van der Waals surface area contributed by atoms with E-state index in [-0.39, 0.29) is 18.7 Å². The number of aliphatic imine (C=N–C) groups is 1. The van der Waals surface area contributed by atoms with Crippen LogP contribution in [0, 0.1) is 0 Å². The van der Waals surface area contributed by atoms with Crippen LogP contribution in [0.5, 0.6) is 0 Å². The third-order valence-corrected chi connectivity index (χ3v) is 4.65. The van der Waals surface area contributed by atoms with E-state index in [0.717, 1.165) is 25.0 Å². The molecule has 5 N–H and O–H groups in total. The first-order valence-corrected chi connectivity index (χ1v) is 8.73. The Morgan fingerprint density at radius 1 is 1.27 bits per heavy atom. The Hall–Kier alpha value is -2.74. The molecule has 0 aromatic carbocycles. The number of anilines is 1. The van der Waals surface area contributed by atoms with E-state index in [9.17, 15) is 4.79 Å². The normalized spacial score (nSPS) is 20.1. The SMILES string of the molecule is COC1=CC(=C\Cc2c(N)n3n(c2=O)CCCC3)/C(N)=CC/1=N\CCO. The van der Waals surface area contributed by atoms with Crippen LogP contribution in [-0.2, 0) is 24.2 Å². The highest BCUT2D eigenvalue weighted by molar-refractivity contribution is 6.09. The Kier molecular flexibility index (Phi) is 5.32. The number of allylic oxidation sites excluding steroid dienone is 3. The number of aliphatic hydroxyl groups is 1. The van der Waals surface area contributed by atoms with Gasteiger partial charge in [0.2, 0.25) is 0 Å². The summed E-state index contributed by atoms with van der Waals surface area (Å²) in [4.78, 5) is 16.8. The third kappa shape index (κ3) is 3.32. The molecule has 0 spiro atoms. The first-order chi connectivity index (χ1) is 12.6. The molecule has 1 aromatic rings. The van der Waals surface area contributed by atoms with Gasteiger partial charge in [0, 0.05) is 25.2 Å². The summed E-state index contributed by atoms with van der Waals surface area (Å²) in [5.41, 5.74) is 14.8. The summed E-state index contributed by atoms with van der Waals surface area (Å²) >= 11 is 0. The van der Waals surface area contributed by atoms with Gasteiger partial charge in [0.1, 0.15) is 17.3 Å². The highest BCUT2D eigenvalue weighted by atomic mass is 16.5. The van der Waals surface area contributed by atoms with Crippen molar-refractivity contribution in [3.63, 3.8) is 0 Å². The minimum Gasteiger partial charge on any atom is -0.494 e. The number of nitrogens with two attached hydrogens (primary N) is 2. The molecule has 8 nitrogen and oxygen atoms in total. The number of hydrogen-bond donors (Lipinski definition) is 3. The van der Waals surface area contributed by atoms with Crippen molar-refractivity contribution >= 4 is 11.5 Å². The summed E-state index contributed by atoms with van der Waals surface area (Å²) in [7, 11) is 1.56. The van der Waals surface area contributed by atoms with Gasteiger partial charge in [-0.25, -0.2) is 4.68 Å². The fraction of sp³-hybridized carbons (Fsp3) is 0.444. The molecule has 0 bridgehead atoms. The molecule has 0 atom stereocenters. The fourth-order valence-electron chi connectivity index (χ4n) is 3.29. The molecule has 26 heavy (non-hydrogen) atoms. The third-order valence-electron chi connectivity index (χ3n) is 4.65. The number of aliphatic hydroxyl groups excluding tert-OH is 1. The predicted octanol–water partition coefficient (Wildman–Crippen LogP) is 0.315. The van der Waals surface area contributed by atoms with E-state index >= 15 is 0 Å². The van der Waals surface area contributed by atoms with Crippen LogP contribution < -0.4 is 17.0 Å². The molecule has 3 rings (SSSR count). The lowest BCUT2D eigenvalue weighted by Gasteiger charge is -2.17. The first kappa shape index (κ1) is 18.1. The molecule has 2 aliphatic rings. The molecular formula is C18H25N5O3. The highest BCUT2D eigenvalue weighted by Crippen LogP contribution is 2.21. The monoisotopic (exact) mass is 359 g/mol. The van der Waals surface area contributed by atoms with Crippen molar-refractivity contribution in [3.8, 4) is 0 Å².